The van der Waals surface area contributed by atoms with Crippen LogP contribution < -0.4 is 0 Å². The third-order valence-corrected chi connectivity index (χ3v) is 9.08. The topological polar surface area (TPSA) is 77.5 Å². The van der Waals surface area contributed by atoms with Gasteiger partial charge in [0.1, 0.15) is 0 Å². The lowest BCUT2D eigenvalue weighted by molar-refractivity contribution is -0.225. The Hall–Kier alpha value is -1.22. The Kier molecular flexibility index (Phi) is 8.56. The first-order chi connectivity index (χ1) is 16.6. The normalized spacial score (nSPS) is 33.4. The molecule has 208 valence electrons. The molecule has 0 amide bonds. The molecule has 36 heavy (non-hydrogen) atoms. The highest BCUT2D eigenvalue weighted by Gasteiger charge is 2.57. The van der Waals surface area contributed by atoms with Gasteiger partial charge in [-0.3, -0.25) is 9.59 Å². The lowest BCUT2D eigenvalue weighted by Crippen LogP contribution is -2.50. The molecule has 0 aromatic rings. The van der Waals surface area contributed by atoms with Gasteiger partial charge in [-0.2, -0.15) is 10.1 Å². The zero-order valence-electron chi connectivity index (χ0n) is 24.3. The Morgan fingerprint density at radius 3 is 1.19 bits per heavy atom. The molecule has 2 unspecified atom stereocenters. The minimum atomic E-state index is -0.416. The number of hydrogen-bond acceptors (Lipinski definition) is 8. The molecule has 2 atom stereocenters. The van der Waals surface area contributed by atoms with Gasteiger partial charge in [-0.1, -0.05) is 0 Å². The van der Waals surface area contributed by atoms with Crippen LogP contribution in [0.1, 0.15) is 93.9 Å². The molecule has 2 heterocycles. The minimum absolute atomic E-state index is 0.129. The van der Waals surface area contributed by atoms with Crippen LogP contribution in [0.25, 0.3) is 0 Å². The molecule has 0 aromatic carbocycles. The van der Waals surface area contributed by atoms with E-state index >= 15 is 0 Å². The van der Waals surface area contributed by atoms with Gasteiger partial charge < -0.3 is 19.1 Å². The van der Waals surface area contributed by atoms with Crippen molar-refractivity contribution >= 4 is 11.9 Å². The number of hydrogen-bond donors (Lipinski definition) is 0. The van der Waals surface area contributed by atoms with Crippen molar-refractivity contribution in [3.05, 3.63) is 0 Å². The quantitative estimate of drug-likeness (QED) is 0.433. The molecular weight excluding hydrogens is 460 g/mol. The summed E-state index contributed by atoms with van der Waals surface area (Å²) < 4.78 is 11.7. The summed E-state index contributed by atoms with van der Waals surface area (Å²) >= 11 is 0. The van der Waals surface area contributed by atoms with Gasteiger partial charge in [0.2, 0.25) is 0 Å². The molecule has 0 spiro atoms. The van der Waals surface area contributed by atoms with Gasteiger partial charge in [-0.25, -0.2) is 0 Å². The molecule has 3 fully saturated rings. The molecule has 0 bridgehead atoms. The molecule has 8 heteroatoms. The summed E-state index contributed by atoms with van der Waals surface area (Å²) in [7, 11) is 3.33. The van der Waals surface area contributed by atoms with Crippen molar-refractivity contribution in [1.29, 1.82) is 0 Å². The van der Waals surface area contributed by atoms with Crippen molar-refractivity contribution in [2.24, 2.45) is 23.7 Å². The van der Waals surface area contributed by atoms with Crippen LogP contribution in [-0.2, 0) is 28.7 Å². The Morgan fingerprint density at radius 2 is 0.944 bits per heavy atom. The fourth-order valence-corrected chi connectivity index (χ4v) is 7.38. The number of hydroxylamine groups is 4. The Labute approximate surface area is 218 Å². The van der Waals surface area contributed by atoms with E-state index in [2.05, 4.69) is 27.7 Å². The monoisotopic (exact) mass is 510 g/mol. The molecule has 1 aliphatic carbocycles. The molecule has 0 radical (unpaired) electrons. The smallest absolute Gasteiger partial charge is 0.310 e. The van der Waals surface area contributed by atoms with Crippen molar-refractivity contribution in [3.8, 4) is 0 Å². The average Bonchev–Trinajstić information content (AvgIpc) is 3.10. The molecule has 0 aromatic heterocycles. The highest BCUT2D eigenvalue weighted by molar-refractivity contribution is 5.75. The van der Waals surface area contributed by atoms with Crippen LogP contribution in [-0.4, -0.2) is 71.7 Å². The van der Waals surface area contributed by atoms with E-state index in [0.717, 1.165) is 25.7 Å². The van der Waals surface area contributed by atoms with Crippen molar-refractivity contribution in [2.45, 2.75) is 116 Å². The molecule has 3 rings (SSSR count). The molecular formula is C28H50N2O6. The average molecular weight is 511 g/mol. The first-order valence-corrected chi connectivity index (χ1v) is 13.6. The summed E-state index contributed by atoms with van der Waals surface area (Å²) in [6, 6.07) is 0. The van der Waals surface area contributed by atoms with Crippen molar-refractivity contribution in [1.82, 2.24) is 10.1 Å². The summed E-state index contributed by atoms with van der Waals surface area (Å²) in [5.74, 6) is 0.0272. The zero-order valence-corrected chi connectivity index (χ0v) is 24.3. The SMILES string of the molecule is CON1C(C)(C)CC(C(=O)OCC2CCC(COC(=O)C3CC(C)(C)N(OC)C3(C)C)CC2)C1(C)C. The highest BCUT2D eigenvalue weighted by Crippen LogP contribution is 2.46. The lowest BCUT2D eigenvalue weighted by Gasteiger charge is -2.38. The number of esters is 2. The second-order valence-corrected chi connectivity index (χ2v) is 13.5. The van der Waals surface area contributed by atoms with Crippen LogP contribution in [0, 0.1) is 23.7 Å². The number of ether oxygens (including phenoxy) is 2. The van der Waals surface area contributed by atoms with Crippen LogP contribution in [0.5, 0.6) is 0 Å². The van der Waals surface area contributed by atoms with E-state index in [4.69, 9.17) is 19.1 Å². The standard InChI is InChI=1S/C28H50N2O6/c1-25(2)15-21(27(5,6)29(25)33-9)23(31)35-17-19-11-13-20(14-12-19)18-36-24(32)22-16-26(3,4)30(34-10)28(22,7)8/h19-22H,11-18H2,1-10H3. The maximum atomic E-state index is 13.0. The number of carbonyl (C=O) groups excluding carboxylic acids is 2. The third kappa shape index (κ3) is 5.62. The van der Waals surface area contributed by atoms with Crippen LogP contribution in [0.3, 0.4) is 0 Å². The molecule has 1 saturated carbocycles. The fraction of sp³-hybridized carbons (Fsp3) is 0.929. The predicted octanol–water partition coefficient (Wildman–Crippen LogP) is 4.76. The number of rotatable bonds is 8. The Morgan fingerprint density at radius 1 is 0.639 bits per heavy atom. The maximum absolute atomic E-state index is 13.0. The van der Waals surface area contributed by atoms with E-state index in [1.165, 1.54) is 0 Å². The second-order valence-electron chi connectivity index (χ2n) is 13.5. The van der Waals surface area contributed by atoms with Crippen LogP contribution in [0.4, 0.5) is 0 Å². The van der Waals surface area contributed by atoms with Crippen molar-refractivity contribution < 1.29 is 28.7 Å². The van der Waals surface area contributed by atoms with Gasteiger partial charge in [-0.05, 0) is 106 Å². The number of nitrogens with zero attached hydrogens (tertiary/aromatic N) is 2. The first-order valence-electron chi connectivity index (χ1n) is 13.6. The first kappa shape index (κ1) is 29.3. The van der Waals surface area contributed by atoms with Gasteiger partial charge in [0.25, 0.3) is 0 Å². The van der Waals surface area contributed by atoms with Gasteiger partial charge in [0.05, 0.1) is 50.3 Å². The highest BCUT2D eigenvalue weighted by atomic mass is 16.7. The van der Waals surface area contributed by atoms with E-state index < -0.39 is 11.1 Å². The lowest BCUT2D eigenvalue weighted by atomic mass is 9.82. The van der Waals surface area contributed by atoms with E-state index in [9.17, 15) is 9.59 Å². The van der Waals surface area contributed by atoms with Gasteiger partial charge >= 0.3 is 11.9 Å². The van der Waals surface area contributed by atoms with Gasteiger partial charge in [0, 0.05) is 11.1 Å². The molecule has 2 aliphatic heterocycles. The maximum Gasteiger partial charge on any atom is 0.310 e. The summed E-state index contributed by atoms with van der Waals surface area (Å²) in [4.78, 5) is 37.2. The van der Waals surface area contributed by atoms with E-state index in [0.29, 0.717) is 37.9 Å². The van der Waals surface area contributed by atoms with Crippen LogP contribution >= 0.6 is 0 Å². The Balaban J connectivity index is 1.42. The van der Waals surface area contributed by atoms with Crippen molar-refractivity contribution in [3.63, 3.8) is 0 Å². The van der Waals surface area contributed by atoms with E-state index in [1.54, 1.807) is 14.2 Å². The van der Waals surface area contributed by atoms with Gasteiger partial charge in [0.15, 0.2) is 0 Å². The second kappa shape index (κ2) is 10.5. The summed E-state index contributed by atoms with van der Waals surface area (Å²) in [6.07, 6.45) is 5.36. The predicted molar refractivity (Wildman–Crippen MR) is 138 cm³/mol. The molecule has 3 aliphatic rings. The molecule has 8 nitrogen and oxygen atoms in total. The molecule has 0 N–H and O–H groups in total. The minimum Gasteiger partial charge on any atom is -0.465 e. The summed E-state index contributed by atoms with van der Waals surface area (Å²) in [5, 5.41) is 3.86. The number of carbonyl (C=O) groups is 2. The zero-order chi connectivity index (χ0) is 27.1. The largest absolute Gasteiger partial charge is 0.465 e. The molecule has 2 saturated heterocycles. The third-order valence-electron chi connectivity index (χ3n) is 9.08. The van der Waals surface area contributed by atoms with E-state index in [-0.39, 0.29) is 34.9 Å². The van der Waals surface area contributed by atoms with Crippen LogP contribution in [0.15, 0.2) is 0 Å². The summed E-state index contributed by atoms with van der Waals surface area (Å²) in [6.45, 7) is 17.5. The van der Waals surface area contributed by atoms with Gasteiger partial charge in [-0.15, -0.1) is 0 Å². The van der Waals surface area contributed by atoms with E-state index in [1.807, 2.05) is 37.8 Å². The van der Waals surface area contributed by atoms with Crippen molar-refractivity contribution in [2.75, 3.05) is 27.4 Å². The van der Waals surface area contributed by atoms with Crippen LogP contribution in [0.2, 0.25) is 0 Å². The Bertz CT molecular complexity index is 734. The summed E-state index contributed by atoms with van der Waals surface area (Å²) in [5.41, 5.74) is -1.27. The fourth-order valence-electron chi connectivity index (χ4n) is 7.38.